The van der Waals surface area contributed by atoms with E-state index < -0.39 is 10.0 Å². The van der Waals surface area contributed by atoms with Crippen LogP contribution in [0.2, 0.25) is 5.02 Å². The molecule has 0 aliphatic heterocycles. The van der Waals surface area contributed by atoms with Crippen molar-refractivity contribution in [1.29, 1.82) is 0 Å². The lowest BCUT2D eigenvalue weighted by atomic mass is 10.1. The van der Waals surface area contributed by atoms with Crippen molar-refractivity contribution in [3.63, 3.8) is 0 Å². The lowest BCUT2D eigenvalue weighted by Gasteiger charge is -2.22. The Morgan fingerprint density at radius 2 is 1.64 bits per heavy atom. The van der Waals surface area contributed by atoms with Crippen LogP contribution >= 0.6 is 11.6 Å². The molecule has 0 atom stereocenters. The maximum atomic E-state index is 12.3. The number of carbonyl (C=O) groups is 1. The predicted molar refractivity (Wildman–Crippen MR) is 101 cm³/mol. The van der Waals surface area contributed by atoms with Gasteiger partial charge in [0.15, 0.2) is 0 Å². The highest BCUT2D eigenvalue weighted by molar-refractivity contribution is 7.89. The average molecular weight is 381 g/mol. The molecule has 0 spiro atoms. The van der Waals surface area contributed by atoms with E-state index in [1.54, 1.807) is 4.90 Å². The van der Waals surface area contributed by atoms with Crippen molar-refractivity contribution >= 4 is 33.2 Å². The van der Waals surface area contributed by atoms with Gasteiger partial charge in [0.2, 0.25) is 15.9 Å². The van der Waals surface area contributed by atoms with Crippen molar-refractivity contribution in [2.24, 2.45) is 0 Å². The molecule has 7 heteroatoms. The molecule has 0 aromatic heterocycles. The Bertz CT molecular complexity index is 844. The van der Waals surface area contributed by atoms with E-state index in [-0.39, 0.29) is 23.9 Å². The molecule has 0 aliphatic carbocycles. The number of aryl methyl sites for hydroxylation is 2. The summed E-state index contributed by atoms with van der Waals surface area (Å²) in [5.41, 5.74) is 2.85. The van der Waals surface area contributed by atoms with Crippen molar-refractivity contribution in [3.05, 3.63) is 58.6 Å². The third-order valence-electron chi connectivity index (χ3n) is 3.65. The van der Waals surface area contributed by atoms with Gasteiger partial charge in [-0.3, -0.25) is 4.79 Å². The smallest absolute Gasteiger partial charge is 0.240 e. The molecule has 1 amide bonds. The van der Waals surface area contributed by atoms with Crippen molar-refractivity contribution in [3.8, 4) is 0 Å². The van der Waals surface area contributed by atoms with Gasteiger partial charge in [-0.2, -0.15) is 0 Å². The summed E-state index contributed by atoms with van der Waals surface area (Å²) in [5.74, 6) is -0.143. The summed E-state index contributed by atoms with van der Waals surface area (Å²) in [4.78, 5) is 13.7. The van der Waals surface area contributed by atoms with Gasteiger partial charge < -0.3 is 4.90 Å². The van der Waals surface area contributed by atoms with Crippen LogP contribution in [0.25, 0.3) is 0 Å². The molecule has 25 heavy (non-hydrogen) atoms. The molecule has 134 valence electrons. The fourth-order valence-electron chi connectivity index (χ4n) is 2.56. The van der Waals surface area contributed by atoms with Crippen molar-refractivity contribution in [1.82, 2.24) is 4.72 Å². The minimum absolute atomic E-state index is 0.109. The van der Waals surface area contributed by atoms with Crippen molar-refractivity contribution < 1.29 is 13.2 Å². The second-order valence-corrected chi connectivity index (χ2v) is 8.07. The van der Waals surface area contributed by atoms with Gasteiger partial charge >= 0.3 is 0 Å². The van der Waals surface area contributed by atoms with E-state index in [0.717, 1.165) is 16.8 Å². The summed E-state index contributed by atoms with van der Waals surface area (Å²) in [6.07, 6.45) is 0. The zero-order chi connectivity index (χ0) is 18.6. The maximum Gasteiger partial charge on any atom is 0.240 e. The van der Waals surface area contributed by atoms with E-state index in [1.165, 1.54) is 31.2 Å². The van der Waals surface area contributed by atoms with Gasteiger partial charge in [0.05, 0.1) is 4.90 Å². The summed E-state index contributed by atoms with van der Waals surface area (Å²) in [6.45, 7) is 5.73. The molecular weight excluding hydrogens is 360 g/mol. The number of halogens is 1. The second-order valence-electron chi connectivity index (χ2n) is 5.87. The highest BCUT2D eigenvalue weighted by Crippen LogP contribution is 2.19. The molecule has 0 fully saturated rings. The third-order valence-corrected chi connectivity index (χ3v) is 5.38. The number of sulfonamides is 1. The zero-order valence-electron chi connectivity index (χ0n) is 14.4. The number of benzene rings is 2. The minimum atomic E-state index is -3.64. The highest BCUT2D eigenvalue weighted by Gasteiger charge is 2.16. The molecule has 2 aromatic rings. The number of carbonyl (C=O) groups excluding carboxylic acids is 1. The number of amides is 1. The molecule has 0 saturated carbocycles. The van der Waals surface area contributed by atoms with E-state index in [1.807, 2.05) is 32.0 Å². The van der Waals surface area contributed by atoms with Crippen LogP contribution in [-0.4, -0.2) is 27.4 Å². The number of anilines is 1. The van der Waals surface area contributed by atoms with E-state index in [0.29, 0.717) is 5.02 Å². The second kappa shape index (κ2) is 7.99. The molecule has 2 aromatic carbocycles. The third kappa shape index (κ3) is 5.29. The summed E-state index contributed by atoms with van der Waals surface area (Å²) < 4.78 is 27.1. The first-order valence-electron chi connectivity index (χ1n) is 7.81. The molecular formula is C18H21ClN2O3S. The fraction of sp³-hybridized carbons (Fsp3) is 0.278. The van der Waals surface area contributed by atoms with E-state index >= 15 is 0 Å². The number of hydrogen-bond donors (Lipinski definition) is 1. The first-order valence-corrected chi connectivity index (χ1v) is 9.67. The molecule has 5 nitrogen and oxygen atoms in total. The Morgan fingerprint density at radius 1 is 1.08 bits per heavy atom. The molecule has 1 N–H and O–H groups in total. The van der Waals surface area contributed by atoms with Crippen LogP contribution in [0.3, 0.4) is 0 Å². The molecule has 0 bridgehead atoms. The minimum Gasteiger partial charge on any atom is -0.311 e. The number of rotatable bonds is 6. The Labute approximate surface area is 153 Å². The Kier molecular flexibility index (Phi) is 6.21. The van der Waals surface area contributed by atoms with Gasteiger partial charge in [0.25, 0.3) is 0 Å². The Hall–Kier alpha value is -1.89. The SMILES string of the molecule is CC(=O)N(CCNS(=O)(=O)c1ccc(Cl)cc1)c1cc(C)cc(C)c1. The van der Waals surface area contributed by atoms with E-state index in [2.05, 4.69) is 4.72 Å². The van der Waals surface area contributed by atoms with Crippen LogP contribution in [0, 0.1) is 13.8 Å². The van der Waals surface area contributed by atoms with Crippen molar-refractivity contribution in [2.45, 2.75) is 25.7 Å². The first-order chi connectivity index (χ1) is 11.7. The fourth-order valence-corrected chi connectivity index (χ4v) is 3.71. The first kappa shape index (κ1) is 19.4. The summed E-state index contributed by atoms with van der Waals surface area (Å²) in [5, 5.41) is 0.469. The van der Waals surface area contributed by atoms with Crippen LogP contribution in [0.4, 0.5) is 5.69 Å². The van der Waals surface area contributed by atoms with E-state index in [4.69, 9.17) is 11.6 Å². The Balaban J connectivity index is 2.09. The lowest BCUT2D eigenvalue weighted by molar-refractivity contribution is -0.116. The van der Waals surface area contributed by atoms with Gasteiger partial charge in [-0.25, -0.2) is 13.1 Å². The molecule has 0 saturated heterocycles. The predicted octanol–water partition coefficient (Wildman–Crippen LogP) is 3.29. The topological polar surface area (TPSA) is 66.5 Å². The largest absolute Gasteiger partial charge is 0.311 e. The highest BCUT2D eigenvalue weighted by atomic mass is 35.5. The number of hydrogen-bond acceptors (Lipinski definition) is 3. The van der Waals surface area contributed by atoms with Gasteiger partial charge in [-0.15, -0.1) is 0 Å². The lowest BCUT2D eigenvalue weighted by Crippen LogP contribution is -2.37. The van der Waals surface area contributed by atoms with Crippen LogP contribution in [-0.2, 0) is 14.8 Å². The Morgan fingerprint density at radius 3 is 2.16 bits per heavy atom. The molecule has 0 unspecified atom stereocenters. The molecule has 2 rings (SSSR count). The van der Waals surface area contributed by atoms with Crippen LogP contribution < -0.4 is 9.62 Å². The molecule has 0 heterocycles. The van der Waals surface area contributed by atoms with Crippen molar-refractivity contribution in [2.75, 3.05) is 18.0 Å². The number of nitrogens with one attached hydrogen (secondary N) is 1. The molecule has 0 aliphatic rings. The quantitative estimate of drug-likeness (QED) is 0.836. The van der Waals surface area contributed by atoms with Gasteiger partial charge in [0.1, 0.15) is 0 Å². The molecule has 0 radical (unpaired) electrons. The summed E-state index contributed by atoms with van der Waals surface area (Å²) in [6, 6.07) is 11.8. The summed E-state index contributed by atoms with van der Waals surface area (Å²) >= 11 is 5.78. The average Bonchev–Trinajstić information content (AvgIpc) is 2.50. The summed E-state index contributed by atoms with van der Waals surface area (Å²) in [7, 11) is -3.64. The maximum absolute atomic E-state index is 12.3. The van der Waals surface area contributed by atoms with Gasteiger partial charge in [0, 0.05) is 30.7 Å². The van der Waals surface area contributed by atoms with E-state index in [9.17, 15) is 13.2 Å². The monoisotopic (exact) mass is 380 g/mol. The van der Waals surface area contributed by atoms with Crippen LogP contribution in [0.5, 0.6) is 0 Å². The van der Waals surface area contributed by atoms with Gasteiger partial charge in [-0.1, -0.05) is 17.7 Å². The van der Waals surface area contributed by atoms with Crippen LogP contribution in [0.1, 0.15) is 18.1 Å². The standard InChI is InChI=1S/C18H21ClN2O3S/c1-13-10-14(2)12-17(11-13)21(15(3)22)9-8-20-25(23,24)18-6-4-16(19)5-7-18/h4-7,10-12,20H,8-9H2,1-3H3. The number of nitrogens with zero attached hydrogens (tertiary/aromatic N) is 1. The normalized spacial score (nSPS) is 11.4. The van der Waals surface area contributed by atoms with Crippen LogP contribution in [0.15, 0.2) is 47.4 Å². The van der Waals surface area contributed by atoms with Gasteiger partial charge in [-0.05, 0) is 61.4 Å². The zero-order valence-corrected chi connectivity index (χ0v) is 16.0.